The van der Waals surface area contributed by atoms with E-state index in [1.165, 1.54) is 12.5 Å². The van der Waals surface area contributed by atoms with Crippen LogP contribution in [-0.2, 0) is 23.7 Å². The molecule has 20 atom stereocenters. The summed E-state index contributed by atoms with van der Waals surface area (Å²) in [5.41, 5.74) is 0.192. The van der Waals surface area contributed by atoms with Gasteiger partial charge in [-0.1, -0.05) is 60.1 Å². The van der Waals surface area contributed by atoms with Gasteiger partial charge in [0.2, 0.25) is 0 Å². The normalized spacial score (nSPS) is 56.5. The minimum absolute atomic E-state index is 0.0109. The number of carboxylic acids is 1. The number of hydrogen-bond donors (Lipinski definition) is 7. The van der Waals surface area contributed by atoms with Crippen molar-refractivity contribution in [2.45, 2.75) is 181 Å². The molecule has 0 spiro atoms. The Morgan fingerprint density at radius 3 is 2.11 bits per heavy atom. The first-order valence-electron chi connectivity index (χ1n) is 20.3. The molecule has 7 aliphatic rings. The molecular weight excluding hydrogens is 684 g/mol. The topological polar surface area (TPSA) is 196 Å². The molecule has 0 radical (unpaired) electrons. The van der Waals surface area contributed by atoms with E-state index in [9.17, 15) is 40.5 Å². The lowest BCUT2D eigenvalue weighted by Crippen LogP contribution is -2.66. The maximum absolute atomic E-state index is 13.1. The summed E-state index contributed by atoms with van der Waals surface area (Å²) in [6, 6.07) is 0. The van der Waals surface area contributed by atoms with Crippen LogP contribution in [0.15, 0.2) is 11.6 Å². The second-order valence-corrected chi connectivity index (χ2v) is 19.8. The Bertz CT molecular complexity index is 1440. The van der Waals surface area contributed by atoms with Crippen molar-refractivity contribution in [1.29, 1.82) is 0 Å². The zero-order valence-corrected chi connectivity index (χ0v) is 32.9. The minimum Gasteiger partial charge on any atom is -0.481 e. The minimum atomic E-state index is -1.75. The standard InChI is InChI=1S/C41H66O12/c1-19-11-16-41(36(48)49)18-17-39(7)22(26(41)20(19)2)9-10-24-38(6)14-13-25(37(4,5)23(38)12-15-40(24,39)8)51-35-32(29(44)30(45)33(47)53-35)52-34-31(46)28(43)27(42)21(3)50-34/h9,19-21,23-35,42-47H,10-18H2,1-8H3,(H,48,49)/t19-,20+,21+,23+,24-,25+,26+,27+,28-,29-,30-,31-,32-,33+,34+,35-,38+,39-,40-,41+/m1/s1. The van der Waals surface area contributed by atoms with E-state index >= 15 is 0 Å². The van der Waals surface area contributed by atoms with Crippen LogP contribution in [0.2, 0.25) is 0 Å². The monoisotopic (exact) mass is 750 g/mol. The first-order chi connectivity index (χ1) is 24.7. The Kier molecular flexibility index (Phi) is 10.2. The predicted octanol–water partition coefficient (Wildman–Crippen LogP) is 3.72. The lowest BCUT2D eigenvalue weighted by molar-refractivity contribution is -0.394. The number of hydrogen-bond acceptors (Lipinski definition) is 11. The second kappa shape index (κ2) is 13.5. The zero-order valence-electron chi connectivity index (χ0n) is 32.9. The van der Waals surface area contributed by atoms with Crippen LogP contribution in [0.1, 0.15) is 113 Å². The highest BCUT2D eigenvalue weighted by Crippen LogP contribution is 2.76. The van der Waals surface area contributed by atoms with Crippen molar-refractivity contribution in [3.8, 4) is 0 Å². The van der Waals surface area contributed by atoms with Crippen LogP contribution in [0.25, 0.3) is 0 Å². The number of ether oxygens (including phenoxy) is 4. The first kappa shape index (κ1) is 40.0. The molecule has 12 nitrogen and oxygen atoms in total. The Morgan fingerprint density at radius 2 is 1.43 bits per heavy atom. The Morgan fingerprint density at radius 1 is 0.736 bits per heavy atom. The molecule has 6 fully saturated rings. The van der Waals surface area contributed by atoms with Crippen LogP contribution in [0.5, 0.6) is 0 Å². The van der Waals surface area contributed by atoms with Gasteiger partial charge in [-0.3, -0.25) is 4.79 Å². The molecule has 12 heteroatoms. The summed E-state index contributed by atoms with van der Waals surface area (Å²) in [4.78, 5) is 13.1. The number of fused-ring (bicyclic) bond motifs is 7. The molecule has 7 rings (SSSR count). The Labute approximate surface area is 314 Å². The molecule has 2 heterocycles. The Balaban J connectivity index is 1.15. The van der Waals surface area contributed by atoms with Gasteiger partial charge >= 0.3 is 5.97 Å². The second-order valence-electron chi connectivity index (χ2n) is 19.8. The molecule has 0 unspecified atom stereocenters. The lowest BCUT2D eigenvalue weighted by Gasteiger charge is -2.71. The molecule has 0 aromatic heterocycles. The zero-order chi connectivity index (χ0) is 38.8. The molecule has 0 aromatic carbocycles. The third-order valence-electron chi connectivity index (χ3n) is 17.3. The van der Waals surface area contributed by atoms with Gasteiger partial charge in [-0.15, -0.1) is 0 Å². The van der Waals surface area contributed by atoms with E-state index in [2.05, 4.69) is 54.5 Å². The largest absolute Gasteiger partial charge is 0.481 e. The number of aliphatic carboxylic acids is 1. The molecule has 2 aliphatic heterocycles. The van der Waals surface area contributed by atoms with Crippen molar-refractivity contribution in [3.63, 3.8) is 0 Å². The van der Waals surface area contributed by atoms with Crippen LogP contribution >= 0.6 is 0 Å². The highest BCUT2D eigenvalue weighted by molar-refractivity contribution is 5.76. The highest BCUT2D eigenvalue weighted by Gasteiger charge is 2.70. The van der Waals surface area contributed by atoms with Crippen molar-refractivity contribution < 1.29 is 59.5 Å². The number of aliphatic hydroxyl groups excluding tert-OH is 6. The van der Waals surface area contributed by atoms with E-state index in [1.807, 2.05) is 0 Å². The fourth-order valence-electron chi connectivity index (χ4n) is 13.6. The SMILES string of the molecule is C[C@H]1[C@H](C)CC[C@]2(C(=O)O)CC[C@]3(C)C(=CC[C@@H]4[C@@]5(C)CC[C@H](O[C@@H]6O[C@H](O)[C@H](O)[C@@H](O)[C@H]6O[C@@H]6O[C@@H](C)[C@H](O)[C@@H](O)[C@H]6O)C(C)(C)[C@@H]5CC[C@]43C)[C@H]12. The van der Waals surface area contributed by atoms with Gasteiger partial charge in [-0.05, 0) is 116 Å². The van der Waals surface area contributed by atoms with Crippen molar-refractivity contribution in [2.24, 2.45) is 56.7 Å². The number of rotatable bonds is 5. The van der Waals surface area contributed by atoms with Crippen molar-refractivity contribution in [2.75, 3.05) is 0 Å². The summed E-state index contributed by atoms with van der Waals surface area (Å²) in [6.07, 6.45) is -4.92. The van der Waals surface area contributed by atoms with Gasteiger partial charge in [0.25, 0.3) is 0 Å². The van der Waals surface area contributed by atoms with Gasteiger partial charge < -0.3 is 54.7 Å². The van der Waals surface area contributed by atoms with Gasteiger partial charge in [-0.2, -0.15) is 0 Å². The summed E-state index contributed by atoms with van der Waals surface area (Å²) >= 11 is 0. The summed E-state index contributed by atoms with van der Waals surface area (Å²) in [7, 11) is 0. The molecule has 2 saturated heterocycles. The van der Waals surface area contributed by atoms with E-state index in [1.54, 1.807) is 0 Å². The van der Waals surface area contributed by atoms with Crippen LogP contribution in [-0.4, -0.2) is 109 Å². The van der Waals surface area contributed by atoms with E-state index in [4.69, 9.17) is 18.9 Å². The predicted molar refractivity (Wildman–Crippen MR) is 192 cm³/mol. The highest BCUT2D eigenvalue weighted by atomic mass is 16.8. The van der Waals surface area contributed by atoms with Crippen molar-refractivity contribution >= 4 is 5.97 Å². The van der Waals surface area contributed by atoms with E-state index in [0.717, 1.165) is 51.4 Å². The van der Waals surface area contributed by atoms with E-state index < -0.39 is 73.0 Å². The van der Waals surface area contributed by atoms with Gasteiger partial charge in [-0.25, -0.2) is 0 Å². The fraction of sp³-hybridized carbons (Fsp3) is 0.927. The quantitative estimate of drug-likeness (QED) is 0.159. The molecule has 4 saturated carbocycles. The smallest absolute Gasteiger partial charge is 0.310 e. The summed E-state index contributed by atoms with van der Waals surface area (Å²) in [6.45, 7) is 17.9. The van der Waals surface area contributed by atoms with Gasteiger partial charge in [0.1, 0.15) is 36.6 Å². The molecular formula is C41H66O12. The summed E-state index contributed by atoms with van der Waals surface area (Å²) in [5.74, 6) is 0.862. The molecule has 5 aliphatic carbocycles. The number of carbonyl (C=O) groups is 1. The maximum Gasteiger partial charge on any atom is 0.310 e. The number of aliphatic hydroxyl groups is 6. The number of carboxylic acid groups (broad SMARTS) is 1. The average molecular weight is 751 g/mol. The lowest BCUT2D eigenvalue weighted by atomic mass is 9.33. The molecule has 53 heavy (non-hydrogen) atoms. The van der Waals surface area contributed by atoms with Crippen LogP contribution < -0.4 is 0 Å². The van der Waals surface area contributed by atoms with Crippen molar-refractivity contribution in [3.05, 3.63) is 11.6 Å². The molecule has 0 amide bonds. The number of allylic oxidation sites excluding steroid dienone is 2. The van der Waals surface area contributed by atoms with Gasteiger partial charge in [0.15, 0.2) is 18.9 Å². The summed E-state index contributed by atoms with van der Waals surface area (Å²) < 4.78 is 24.0. The maximum atomic E-state index is 13.1. The molecule has 0 bridgehead atoms. The van der Waals surface area contributed by atoms with Gasteiger partial charge in [0, 0.05) is 0 Å². The average Bonchev–Trinajstić information content (AvgIpc) is 3.09. The third-order valence-corrected chi connectivity index (χ3v) is 17.3. The summed E-state index contributed by atoms with van der Waals surface area (Å²) in [5, 5.41) is 74.2. The van der Waals surface area contributed by atoms with Crippen LogP contribution in [0.4, 0.5) is 0 Å². The Hall–Kier alpha value is -1.19. The first-order valence-corrected chi connectivity index (χ1v) is 20.3. The fourth-order valence-corrected chi connectivity index (χ4v) is 13.6. The van der Waals surface area contributed by atoms with Crippen LogP contribution in [0, 0.1) is 56.7 Å². The molecule has 7 N–H and O–H groups in total. The van der Waals surface area contributed by atoms with E-state index in [0.29, 0.717) is 24.2 Å². The third kappa shape index (κ3) is 5.69. The van der Waals surface area contributed by atoms with Crippen molar-refractivity contribution in [1.82, 2.24) is 0 Å². The molecule has 0 aromatic rings. The van der Waals surface area contributed by atoms with E-state index in [-0.39, 0.29) is 39.6 Å². The molecule has 302 valence electrons. The van der Waals surface area contributed by atoms with Crippen LogP contribution in [0.3, 0.4) is 0 Å². The van der Waals surface area contributed by atoms with Gasteiger partial charge in [0.05, 0.1) is 17.6 Å².